The minimum atomic E-state index is 1.07. The van der Waals surface area contributed by atoms with Crippen LogP contribution < -0.4 is 4.90 Å². The second-order valence-electron chi connectivity index (χ2n) is 18.5. The van der Waals surface area contributed by atoms with Crippen molar-refractivity contribution in [1.29, 1.82) is 0 Å². The number of fused-ring (bicyclic) bond motifs is 6. The molecule has 0 aliphatic heterocycles. The van der Waals surface area contributed by atoms with Crippen molar-refractivity contribution in [2.45, 2.75) is 0 Å². The molecule has 71 heavy (non-hydrogen) atoms. The summed E-state index contributed by atoms with van der Waals surface area (Å²) in [5, 5.41) is 10.0. The van der Waals surface area contributed by atoms with Crippen molar-refractivity contribution in [3.63, 3.8) is 0 Å². The second-order valence-corrected chi connectivity index (χ2v) is 18.5. The number of anilines is 3. The zero-order valence-electron chi connectivity index (χ0n) is 39.1. The van der Waals surface area contributed by atoms with E-state index >= 15 is 0 Å². The Balaban J connectivity index is 0.962. The lowest BCUT2D eigenvalue weighted by Gasteiger charge is -2.29. The normalized spacial score (nSPS) is 11.4. The molecule has 0 saturated heterocycles. The average Bonchev–Trinajstić information content (AvgIpc) is 3.45. The molecule has 0 unspecified atom stereocenters. The molecule has 1 heteroatoms. The van der Waals surface area contributed by atoms with Crippen molar-refractivity contribution in [1.82, 2.24) is 0 Å². The van der Waals surface area contributed by atoms with Gasteiger partial charge in [-0.25, -0.2) is 0 Å². The minimum Gasteiger partial charge on any atom is -0.310 e. The Bertz CT molecular complexity index is 4060. The maximum Gasteiger partial charge on any atom is 0.0540 e. The van der Waals surface area contributed by atoms with Gasteiger partial charge in [-0.05, 0) is 159 Å². The largest absolute Gasteiger partial charge is 0.310 e. The summed E-state index contributed by atoms with van der Waals surface area (Å²) >= 11 is 0. The molecule has 13 aromatic carbocycles. The van der Waals surface area contributed by atoms with E-state index in [0.717, 1.165) is 33.8 Å². The molecule has 0 fully saturated rings. The molecule has 0 heterocycles. The van der Waals surface area contributed by atoms with Crippen LogP contribution in [0.3, 0.4) is 0 Å². The van der Waals surface area contributed by atoms with E-state index in [-0.39, 0.29) is 0 Å². The second kappa shape index (κ2) is 18.0. The molecular weight excluding hydrogens is 855 g/mol. The lowest BCUT2D eigenvalue weighted by Crippen LogP contribution is -2.11. The first-order valence-electron chi connectivity index (χ1n) is 24.5. The fraction of sp³-hybridized carbons (Fsp3) is 0. The summed E-state index contributed by atoms with van der Waals surface area (Å²) in [6.45, 7) is 0. The number of hydrogen-bond acceptors (Lipinski definition) is 1. The van der Waals surface area contributed by atoms with Gasteiger partial charge in [0, 0.05) is 16.9 Å². The zero-order valence-corrected chi connectivity index (χ0v) is 39.1. The Hall–Kier alpha value is -9.30. The topological polar surface area (TPSA) is 3.24 Å². The summed E-state index contributed by atoms with van der Waals surface area (Å²) in [6.07, 6.45) is 0. The van der Waals surface area contributed by atoms with Gasteiger partial charge in [-0.3, -0.25) is 0 Å². The van der Waals surface area contributed by atoms with Crippen molar-refractivity contribution in [3.8, 4) is 66.8 Å². The summed E-state index contributed by atoms with van der Waals surface area (Å²) in [4.78, 5) is 2.43. The van der Waals surface area contributed by atoms with E-state index in [4.69, 9.17) is 0 Å². The Morgan fingerprint density at radius 3 is 1.31 bits per heavy atom. The van der Waals surface area contributed by atoms with Gasteiger partial charge in [0.25, 0.3) is 0 Å². The predicted molar refractivity (Wildman–Crippen MR) is 304 cm³/mol. The third kappa shape index (κ3) is 7.90. The third-order valence-electron chi connectivity index (χ3n) is 14.2. The van der Waals surface area contributed by atoms with Crippen LogP contribution >= 0.6 is 0 Å². The van der Waals surface area contributed by atoms with Crippen molar-refractivity contribution >= 4 is 60.2 Å². The summed E-state index contributed by atoms with van der Waals surface area (Å²) in [6, 6.07) is 104. The summed E-state index contributed by atoms with van der Waals surface area (Å²) in [7, 11) is 0. The fourth-order valence-electron chi connectivity index (χ4n) is 10.6. The van der Waals surface area contributed by atoms with Crippen LogP contribution in [0.5, 0.6) is 0 Å². The first-order chi connectivity index (χ1) is 35.2. The van der Waals surface area contributed by atoms with Crippen LogP contribution in [0.1, 0.15) is 0 Å². The maximum absolute atomic E-state index is 2.43. The van der Waals surface area contributed by atoms with E-state index in [9.17, 15) is 0 Å². The van der Waals surface area contributed by atoms with Crippen LogP contribution in [0.15, 0.2) is 285 Å². The third-order valence-corrected chi connectivity index (χ3v) is 14.2. The molecule has 13 rings (SSSR count). The predicted octanol–water partition coefficient (Wildman–Crippen LogP) is 19.8. The Kier molecular flexibility index (Phi) is 10.6. The van der Waals surface area contributed by atoms with E-state index in [1.54, 1.807) is 0 Å². The van der Waals surface area contributed by atoms with E-state index in [1.165, 1.54) is 93.2 Å². The molecule has 1 nitrogen and oxygen atoms in total. The molecule has 0 atom stereocenters. The van der Waals surface area contributed by atoms with Crippen molar-refractivity contribution in [3.05, 3.63) is 285 Å². The van der Waals surface area contributed by atoms with Gasteiger partial charge >= 0.3 is 0 Å². The number of rotatable bonds is 9. The molecule has 0 N–H and O–H groups in total. The molecule has 0 bridgehead atoms. The molecule has 0 spiro atoms. The minimum absolute atomic E-state index is 1.07. The highest BCUT2D eigenvalue weighted by atomic mass is 15.1. The SMILES string of the molecule is c1ccc(-c2ccc(N(c3ccc(-c4ccc(-c5ccc6ccccc6c5)c(-c5ccccc5)c4)cc3)c3ccc(-c4ccccc4)cc3-c3ccc4c(ccc5ccc6ccccc6c54)c3)cc2)cc1. The zero-order chi connectivity index (χ0) is 47.1. The van der Waals surface area contributed by atoms with Crippen molar-refractivity contribution in [2.24, 2.45) is 0 Å². The van der Waals surface area contributed by atoms with E-state index in [1.807, 2.05) is 0 Å². The van der Waals surface area contributed by atoms with Gasteiger partial charge in [0.15, 0.2) is 0 Å². The first kappa shape index (κ1) is 41.9. The highest BCUT2D eigenvalue weighted by molar-refractivity contribution is 6.20. The van der Waals surface area contributed by atoms with E-state index in [2.05, 4.69) is 290 Å². The summed E-state index contributed by atoms with van der Waals surface area (Å²) < 4.78 is 0. The van der Waals surface area contributed by atoms with Gasteiger partial charge in [-0.2, -0.15) is 0 Å². The van der Waals surface area contributed by atoms with Crippen molar-refractivity contribution < 1.29 is 0 Å². The lowest BCUT2D eigenvalue weighted by molar-refractivity contribution is 1.28. The molecular formula is C70H47N. The highest BCUT2D eigenvalue weighted by Gasteiger charge is 2.20. The molecule has 0 radical (unpaired) electrons. The van der Waals surface area contributed by atoms with Gasteiger partial charge in [-0.15, -0.1) is 0 Å². The molecule has 0 aliphatic rings. The van der Waals surface area contributed by atoms with Crippen LogP contribution in [-0.2, 0) is 0 Å². The van der Waals surface area contributed by atoms with E-state index in [0.29, 0.717) is 0 Å². The molecule has 332 valence electrons. The van der Waals surface area contributed by atoms with Crippen LogP contribution in [-0.4, -0.2) is 0 Å². The van der Waals surface area contributed by atoms with Gasteiger partial charge in [0.2, 0.25) is 0 Å². The average molecular weight is 902 g/mol. The molecule has 0 aliphatic carbocycles. The van der Waals surface area contributed by atoms with Gasteiger partial charge < -0.3 is 4.90 Å². The number of hydrogen-bond donors (Lipinski definition) is 0. The van der Waals surface area contributed by atoms with Gasteiger partial charge in [0.05, 0.1) is 5.69 Å². The standard InChI is InChI=1S/C70H47N/c1-4-14-48(15-5-1)51-30-37-62(38-31-51)71(63-39-32-52(33-40-63)57-34-41-64(67(46-57)53-19-8-3-9-20-53)59-28-24-50-18-10-11-22-56(50)44-59)69-43-36-58(49-16-6-2-7-17-49)47-68(69)61-35-42-66-60(45-61)29-27-55-26-25-54-21-12-13-23-65(54)70(55)66/h1-47H. The highest BCUT2D eigenvalue weighted by Crippen LogP contribution is 2.45. The quantitative estimate of drug-likeness (QED) is 0.131. The van der Waals surface area contributed by atoms with Crippen LogP contribution in [0.25, 0.3) is 110 Å². The molecule has 0 amide bonds. The number of nitrogens with zero attached hydrogens (tertiary/aromatic N) is 1. The molecule has 13 aromatic rings. The molecule has 0 aromatic heterocycles. The lowest BCUT2D eigenvalue weighted by atomic mass is 9.90. The summed E-state index contributed by atoms with van der Waals surface area (Å²) in [5.41, 5.74) is 17.5. The van der Waals surface area contributed by atoms with Crippen LogP contribution in [0, 0.1) is 0 Å². The smallest absolute Gasteiger partial charge is 0.0540 e. The fourth-order valence-corrected chi connectivity index (χ4v) is 10.6. The van der Waals surface area contributed by atoms with Crippen LogP contribution in [0.4, 0.5) is 17.1 Å². The number of benzene rings is 13. The van der Waals surface area contributed by atoms with Crippen LogP contribution in [0.2, 0.25) is 0 Å². The Labute approximate surface area is 414 Å². The van der Waals surface area contributed by atoms with E-state index < -0.39 is 0 Å². The first-order valence-corrected chi connectivity index (χ1v) is 24.5. The monoisotopic (exact) mass is 901 g/mol. The van der Waals surface area contributed by atoms with Gasteiger partial charge in [-0.1, -0.05) is 231 Å². The summed E-state index contributed by atoms with van der Waals surface area (Å²) in [5.74, 6) is 0. The van der Waals surface area contributed by atoms with Crippen molar-refractivity contribution in [2.75, 3.05) is 4.90 Å². The van der Waals surface area contributed by atoms with Gasteiger partial charge in [0.1, 0.15) is 0 Å². The molecule has 0 saturated carbocycles. The Morgan fingerprint density at radius 2 is 0.620 bits per heavy atom. The Morgan fingerprint density at radius 1 is 0.197 bits per heavy atom. The maximum atomic E-state index is 2.43.